The lowest BCUT2D eigenvalue weighted by atomic mass is 10.0. The summed E-state index contributed by atoms with van der Waals surface area (Å²) in [7, 11) is 1.59. The van der Waals surface area contributed by atoms with Crippen molar-refractivity contribution >= 4 is 57.4 Å². The molecule has 0 spiro atoms. The zero-order valence-corrected chi connectivity index (χ0v) is 19.1. The number of methoxy groups -OCH3 is 1. The molecule has 0 aromatic heterocycles. The summed E-state index contributed by atoms with van der Waals surface area (Å²) in [5.74, 6) is 1.22. The molecule has 0 amide bonds. The van der Waals surface area contributed by atoms with Gasteiger partial charge in [-0.1, -0.05) is 47.5 Å². The van der Waals surface area contributed by atoms with Gasteiger partial charge in [0.2, 0.25) is 0 Å². The summed E-state index contributed by atoms with van der Waals surface area (Å²) >= 11 is 14.5. The molecule has 0 fully saturated rings. The summed E-state index contributed by atoms with van der Waals surface area (Å²) in [6, 6.07) is 20.9. The number of halogens is 3. The van der Waals surface area contributed by atoms with E-state index in [1.165, 1.54) is 3.57 Å². The highest BCUT2D eigenvalue weighted by Gasteiger charge is 2.10. The van der Waals surface area contributed by atoms with E-state index in [-0.39, 0.29) is 0 Å². The largest absolute Gasteiger partial charge is 0.493 e. The van der Waals surface area contributed by atoms with Crippen LogP contribution < -0.4 is 9.47 Å². The number of nitrogens with zero attached hydrogens (tertiary/aromatic N) is 1. The number of hydrogen-bond donors (Lipinski definition) is 0. The van der Waals surface area contributed by atoms with E-state index >= 15 is 0 Å². The second-order valence-electron chi connectivity index (χ2n) is 6.12. The zero-order chi connectivity index (χ0) is 20.8. The Morgan fingerprint density at radius 3 is 2.45 bits per heavy atom. The first-order chi connectivity index (χ1) is 14.0. The molecular weight excluding hydrogens is 520 g/mol. The predicted octanol–water partition coefficient (Wildman–Crippen LogP) is 7.25. The first kappa shape index (κ1) is 21.5. The molecule has 0 aliphatic rings. The van der Waals surface area contributed by atoms with Crippen LogP contribution in [0.4, 0.5) is 0 Å². The van der Waals surface area contributed by atoms with Gasteiger partial charge in [0.05, 0.1) is 23.8 Å². The molecule has 146 valence electrons. The number of nitriles is 1. The average molecular weight is 536 g/mol. The molecule has 0 radical (unpaired) electrons. The fraction of sp³-hybridized carbons (Fsp3) is 0.0870. The van der Waals surface area contributed by atoms with Crippen molar-refractivity contribution in [2.45, 2.75) is 6.61 Å². The Labute approximate surface area is 193 Å². The van der Waals surface area contributed by atoms with Crippen molar-refractivity contribution in [2.75, 3.05) is 7.11 Å². The van der Waals surface area contributed by atoms with E-state index < -0.39 is 0 Å². The average Bonchev–Trinajstić information content (AvgIpc) is 2.72. The van der Waals surface area contributed by atoms with Gasteiger partial charge < -0.3 is 9.47 Å². The van der Waals surface area contributed by atoms with Gasteiger partial charge in [-0.05, 0) is 76.2 Å². The van der Waals surface area contributed by atoms with Crippen molar-refractivity contribution in [2.24, 2.45) is 0 Å². The Bertz CT molecular complexity index is 1090. The van der Waals surface area contributed by atoms with E-state index in [4.69, 9.17) is 32.7 Å². The smallest absolute Gasteiger partial charge is 0.161 e. The van der Waals surface area contributed by atoms with E-state index in [2.05, 4.69) is 28.7 Å². The van der Waals surface area contributed by atoms with E-state index in [1.54, 1.807) is 31.4 Å². The van der Waals surface area contributed by atoms with E-state index in [9.17, 15) is 5.26 Å². The Kier molecular flexibility index (Phi) is 7.43. The number of benzene rings is 3. The lowest BCUT2D eigenvalue weighted by Crippen LogP contribution is -1.98. The van der Waals surface area contributed by atoms with Gasteiger partial charge >= 0.3 is 0 Å². The van der Waals surface area contributed by atoms with Crippen LogP contribution >= 0.6 is 45.8 Å². The number of hydrogen-bond acceptors (Lipinski definition) is 3. The molecule has 3 rings (SSSR count). The number of rotatable bonds is 6. The molecule has 3 aromatic rings. The van der Waals surface area contributed by atoms with Crippen molar-refractivity contribution in [3.8, 4) is 17.6 Å². The first-order valence-electron chi connectivity index (χ1n) is 8.62. The van der Waals surface area contributed by atoms with Crippen molar-refractivity contribution in [3.63, 3.8) is 0 Å². The highest BCUT2D eigenvalue weighted by molar-refractivity contribution is 14.1. The maximum Gasteiger partial charge on any atom is 0.161 e. The van der Waals surface area contributed by atoms with Crippen molar-refractivity contribution in [1.29, 1.82) is 5.26 Å². The number of ether oxygens (including phenoxy) is 2. The maximum atomic E-state index is 9.58. The molecule has 3 aromatic carbocycles. The predicted molar refractivity (Wildman–Crippen MR) is 126 cm³/mol. The highest BCUT2D eigenvalue weighted by atomic mass is 127. The monoisotopic (exact) mass is 535 g/mol. The summed E-state index contributed by atoms with van der Waals surface area (Å²) in [4.78, 5) is 0. The third-order valence-corrected chi connectivity index (χ3v) is 5.42. The summed E-state index contributed by atoms with van der Waals surface area (Å²) in [6.07, 6.45) is 1.75. The van der Waals surface area contributed by atoms with Gasteiger partial charge in [-0.3, -0.25) is 0 Å². The van der Waals surface area contributed by atoms with Gasteiger partial charge in [0.15, 0.2) is 11.5 Å². The highest BCUT2D eigenvalue weighted by Crippen LogP contribution is 2.32. The molecule has 0 aliphatic heterocycles. The van der Waals surface area contributed by atoms with Crippen LogP contribution in [-0.2, 0) is 6.61 Å². The standard InChI is InChI=1S/C23H16Cl2INO2/c1-28-23-11-16(10-17(13-27)20-8-5-18(24)12-21(20)25)4-9-22(23)29-14-15-2-6-19(26)7-3-15/h2-12H,14H2,1H3/b17-10-. The van der Waals surface area contributed by atoms with Crippen molar-refractivity contribution in [1.82, 2.24) is 0 Å². The molecule has 6 heteroatoms. The minimum atomic E-state index is 0.426. The molecule has 0 aliphatic carbocycles. The first-order valence-corrected chi connectivity index (χ1v) is 10.5. The molecular formula is C23H16Cl2INO2. The van der Waals surface area contributed by atoms with Gasteiger partial charge in [0, 0.05) is 14.2 Å². The molecule has 0 unspecified atom stereocenters. The molecule has 0 saturated carbocycles. The normalized spacial score (nSPS) is 11.1. The Morgan fingerprint density at radius 2 is 1.79 bits per heavy atom. The fourth-order valence-corrected chi connectivity index (χ4v) is 3.55. The Balaban J connectivity index is 1.84. The topological polar surface area (TPSA) is 42.2 Å². The van der Waals surface area contributed by atoms with Crippen LogP contribution in [0.3, 0.4) is 0 Å². The van der Waals surface area contributed by atoms with Crippen LogP contribution in [0.15, 0.2) is 60.7 Å². The minimum Gasteiger partial charge on any atom is -0.493 e. The van der Waals surface area contributed by atoms with Gasteiger partial charge in [-0.15, -0.1) is 0 Å². The Hall–Kier alpha value is -2.20. The lowest BCUT2D eigenvalue weighted by Gasteiger charge is -2.12. The minimum absolute atomic E-state index is 0.426. The number of allylic oxidation sites excluding steroid dienone is 1. The molecule has 0 heterocycles. The second-order valence-corrected chi connectivity index (χ2v) is 8.21. The molecule has 0 bridgehead atoms. The summed E-state index contributed by atoms with van der Waals surface area (Å²) < 4.78 is 12.6. The van der Waals surface area contributed by atoms with Gasteiger partial charge in [0.1, 0.15) is 6.61 Å². The Morgan fingerprint density at radius 1 is 1.03 bits per heavy atom. The molecule has 0 atom stereocenters. The quantitative estimate of drug-likeness (QED) is 0.190. The van der Waals surface area contributed by atoms with Gasteiger partial charge in [-0.25, -0.2) is 0 Å². The third kappa shape index (κ3) is 5.66. The van der Waals surface area contributed by atoms with Crippen molar-refractivity contribution in [3.05, 3.63) is 91.0 Å². The van der Waals surface area contributed by atoms with Crippen LogP contribution in [0.1, 0.15) is 16.7 Å². The van der Waals surface area contributed by atoms with E-state index in [0.717, 1.165) is 11.1 Å². The summed E-state index contributed by atoms with van der Waals surface area (Å²) in [5.41, 5.74) is 2.92. The summed E-state index contributed by atoms with van der Waals surface area (Å²) in [6.45, 7) is 0.437. The lowest BCUT2D eigenvalue weighted by molar-refractivity contribution is 0.284. The third-order valence-electron chi connectivity index (χ3n) is 4.15. The van der Waals surface area contributed by atoms with Crippen LogP contribution in [0.25, 0.3) is 11.6 Å². The van der Waals surface area contributed by atoms with Gasteiger partial charge in [-0.2, -0.15) is 5.26 Å². The molecule has 3 nitrogen and oxygen atoms in total. The zero-order valence-electron chi connectivity index (χ0n) is 15.5. The van der Waals surface area contributed by atoms with Gasteiger partial charge in [0.25, 0.3) is 0 Å². The maximum absolute atomic E-state index is 9.58. The van der Waals surface area contributed by atoms with Crippen LogP contribution in [-0.4, -0.2) is 7.11 Å². The fourth-order valence-electron chi connectivity index (χ4n) is 2.68. The van der Waals surface area contributed by atoms with Crippen LogP contribution in [0.2, 0.25) is 10.0 Å². The van der Waals surface area contributed by atoms with Crippen LogP contribution in [0, 0.1) is 14.9 Å². The SMILES string of the molecule is COc1cc(/C=C(/C#N)c2ccc(Cl)cc2Cl)ccc1OCc1ccc(I)cc1. The molecule has 0 N–H and O–H groups in total. The molecule has 0 saturated heterocycles. The van der Waals surface area contributed by atoms with E-state index in [1.807, 2.05) is 42.5 Å². The molecule has 29 heavy (non-hydrogen) atoms. The van der Waals surface area contributed by atoms with E-state index in [0.29, 0.717) is 39.3 Å². The van der Waals surface area contributed by atoms with Crippen LogP contribution in [0.5, 0.6) is 11.5 Å². The summed E-state index contributed by atoms with van der Waals surface area (Å²) in [5, 5.41) is 10.5. The van der Waals surface area contributed by atoms with Crippen molar-refractivity contribution < 1.29 is 9.47 Å². The second kappa shape index (κ2) is 10.0.